The summed E-state index contributed by atoms with van der Waals surface area (Å²) in [5, 5.41) is 2.00. The molecule has 0 aliphatic heterocycles. The van der Waals surface area contributed by atoms with Crippen LogP contribution in [-0.4, -0.2) is 52.0 Å². The molecular weight excluding hydrogens is 343 g/mol. The molecule has 0 aliphatic carbocycles. The van der Waals surface area contributed by atoms with Crippen molar-refractivity contribution in [3.8, 4) is 0 Å². The second-order valence-electron chi connectivity index (χ2n) is 4.62. The molecule has 0 saturated heterocycles. The van der Waals surface area contributed by atoms with E-state index < -0.39 is 45.4 Å². The van der Waals surface area contributed by atoms with Crippen LogP contribution < -0.4 is 5.32 Å². The largest absolute Gasteiger partial charge is 0.460 e. The smallest absolute Gasteiger partial charge is 0.443 e. The zero-order valence-electron chi connectivity index (χ0n) is 11.9. The van der Waals surface area contributed by atoms with Gasteiger partial charge in [-0.2, -0.15) is 30.7 Å². The van der Waals surface area contributed by atoms with Crippen LogP contribution in [-0.2, 0) is 9.47 Å². The molecule has 4 nitrogen and oxygen atoms in total. The summed E-state index contributed by atoms with van der Waals surface area (Å²) in [6.45, 7) is 2.82. The lowest BCUT2D eigenvalue weighted by molar-refractivity contribution is -0.359. The Morgan fingerprint density at radius 2 is 1.64 bits per heavy atom. The fourth-order valence-electron chi connectivity index (χ4n) is 1.19. The average Bonchev–Trinajstić information content (AvgIpc) is 2.34. The lowest BCUT2D eigenvalue weighted by atomic mass is 10.2. The molecule has 0 aromatic heterocycles. The van der Waals surface area contributed by atoms with Gasteiger partial charge < -0.3 is 9.47 Å². The van der Waals surface area contributed by atoms with Gasteiger partial charge in [-0.25, -0.2) is 4.79 Å². The second-order valence-corrected chi connectivity index (χ2v) is 7.71. The van der Waals surface area contributed by atoms with Gasteiger partial charge in [0.05, 0.1) is 8.80 Å². The van der Waals surface area contributed by atoms with Crippen molar-refractivity contribution in [2.75, 3.05) is 13.2 Å². The summed E-state index contributed by atoms with van der Waals surface area (Å²) in [5.74, 6) is -12.7. The highest BCUT2D eigenvalue weighted by atomic mass is 28.3. The van der Waals surface area contributed by atoms with Crippen molar-refractivity contribution in [2.45, 2.75) is 43.9 Å². The van der Waals surface area contributed by atoms with E-state index in [0.717, 1.165) is 0 Å². The van der Waals surface area contributed by atoms with Crippen molar-refractivity contribution < 1.29 is 45.0 Å². The Hall–Kier alpha value is -1.04. The number of nitrogens with one attached hydrogen (secondary N) is 1. The molecule has 12 heteroatoms. The first kappa shape index (κ1) is 21.0. The topological polar surface area (TPSA) is 47.6 Å². The Morgan fingerprint density at radius 1 is 1.14 bits per heavy atom. The summed E-state index contributed by atoms with van der Waals surface area (Å²) < 4.78 is 95.4. The quantitative estimate of drug-likeness (QED) is 0.432. The summed E-state index contributed by atoms with van der Waals surface area (Å²) in [6.07, 6.45) is -8.02. The summed E-state index contributed by atoms with van der Waals surface area (Å²) >= 11 is 0. The first-order valence-electron chi connectivity index (χ1n) is 6.13. The molecule has 22 heavy (non-hydrogen) atoms. The van der Waals surface area contributed by atoms with Crippen LogP contribution in [0.25, 0.3) is 0 Å². The van der Waals surface area contributed by atoms with Gasteiger partial charge in [-0.1, -0.05) is 13.1 Å². The third kappa shape index (κ3) is 5.30. The van der Waals surface area contributed by atoms with E-state index in [1.807, 2.05) is 5.32 Å². The van der Waals surface area contributed by atoms with E-state index in [9.17, 15) is 35.5 Å². The molecule has 1 atom stereocenters. The average molecular weight is 359 g/mol. The molecule has 1 unspecified atom stereocenters. The van der Waals surface area contributed by atoms with E-state index in [2.05, 4.69) is 4.74 Å². The number of hydrogen-bond acceptors (Lipinski definition) is 3. The van der Waals surface area contributed by atoms with Crippen LogP contribution in [0.5, 0.6) is 0 Å². The first-order chi connectivity index (χ1) is 9.76. The third-order valence-electron chi connectivity index (χ3n) is 2.41. The van der Waals surface area contributed by atoms with Crippen molar-refractivity contribution in [1.82, 2.24) is 5.32 Å². The molecule has 0 radical (unpaired) electrons. The van der Waals surface area contributed by atoms with E-state index >= 15 is 0 Å². The van der Waals surface area contributed by atoms with Gasteiger partial charge in [-0.3, -0.25) is 5.32 Å². The molecule has 0 heterocycles. The predicted molar refractivity (Wildman–Crippen MR) is 64.7 cm³/mol. The van der Waals surface area contributed by atoms with Crippen molar-refractivity contribution in [1.29, 1.82) is 0 Å². The van der Waals surface area contributed by atoms with Gasteiger partial charge in [0.2, 0.25) is 0 Å². The van der Waals surface area contributed by atoms with Crippen molar-refractivity contribution in [3.05, 3.63) is 0 Å². The van der Waals surface area contributed by atoms with Crippen LogP contribution in [0.1, 0.15) is 6.92 Å². The molecule has 132 valence electrons. The fourth-order valence-corrected chi connectivity index (χ4v) is 2.24. The summed E-state index contributed by atoms with van der Waals surface area (Å²) in [7, 11) is -1.64. The minimum atomic E-state index is -6.46. The molecule has 0 aromatic rings. The Labute approximate surface area is 123 Å². The van der Waals surface area contributed by atoms with E-state index in [1.165, 1.54) is 0 Å². The van der Waals surface area contributed by atoms with Crippen LogP contribution in [0.3, 0.4) is 0 Å². The maximum absolute atomic E-state index is 12.9. The lowest BCUT2D eigenvalue weighted by Crippen LogP contribution is -2.55. The number of carbonyl (C=O) groups is 1. The van der Waals surface area contributed by atoms with Gasteiger partial charge >= 0.3 is 24.1 Å². The van der Waals surface area contributed by atoms with Gasteiger partial charge in [0.1, 0.15) is 5.85 Å². The first-order valence-corrected chi connectivity index (χ1v) is 9.11. The molecule has 0 fully saturated rings. The molecule has 0 aromatic carbocycles. The Morgan fingerprint density at radius 3 is 2.00 bits per heavy atom. The maximum atomic E-state index is 12.9. The molecule has 0 saturated carbocycles. The molecule has 0 spiro atoms. The van der Waals surface area contributed by atoms with Crippen molar-refractivity contribution in [3.63, 3.8) is 0 Å². The number of amides is 1. The standard InChI is InChI=1S/C10H16F7NO3Si/c1-4-20-7(22(2)3)18-6(19)21-5-8(11,12)9(13,14)10(15,16)17/h7,22H,4-5H2,1-3H3,(H,18,19). The normalized spacial score (nSPS) is 14.9. The van der Waals surface area contributed by atoms with Crippen molar-refractivity contribution in [2.24, 2.45) is 0 Å². The fraction of sp³-hybridized carbons (Fsp3) is 0.900. The number of rotatable bonds is 7. The second kappa shape index (κ2) is 7.48. The van der Waals surface area contributed by atoms with Crippen LogP contribution >= 0.6 is 0 Å². The lowest BCUT2D eigenvalue weighted by Gasteiger charge is -2.28. The summed E-state index contributed by atoms with van der Waals surface area (Å²) in [5.41, 5.74) is 0. The van der Waals surface area contributed by atoms with Crippen LogP contribution in [0.2, 0.25) is 13.1 Å². The number of halogens is 7. The molecular formula is C10H16F7NO3Si. The highest BCUT2D eigenvalue weighted by Crippen LogP contribution is 2.46. The van der Waals surface area contributed by atoms with Crippen LogP contribution in [0, 0.1) is 0 Å². The third-order valence-corrected chi connectivity index (χ3v) is 3.98. The summed E-state index contributed by atoms with van der Waals surface area (Å²) in [4.78, 5) is 11.2. The number of alkyl carbamates (subject to hydrolysis) is 1. The highest BCUT2D eigenvalue weighted by Gasteiger charge is 2.73. The molecule has 0 aliphatic rings. The Bertz CT molecular complexity index is 376. The maximum Gasteiger partial charge on any atom is 0.460 e. The van der Waals surface area contributed by atoms with E-state index in [4.69, 9.17) is 4.74 Å². The van der Waals surface area contributed by atoms with Gasteiger partial charge in [-0.05, 0) is 6.92 Å². The Balaban J connectivity index is 4.69. The molecule has 0 rings (SSSR count). The summed E-state index contributed by atoms with van der Waals surface area (Å²) in [6, 6.07) is 0. The van der Waals surface area contributed by atoms with Gasteiger partial charge in [0.25, 0.3) is 0 Å². The number of ether oxygens (including phenoxy) is 2. The van der Waals surface area contributed by atoms with E-state index in [0.29, 0.717) is 0 Å². The zero-order valence-corrected chi connectivity index (χ0v) is 13.1. The number of alkyl halides is 7. The minimum Gasteiger partial charge on any atom is -0.443 e. The molecule has 1 amide bonds. The minimum absolute atomic E-state index is 0.179. The number of carbonyl (C=O) groups excluding carboxylic acids is 1. The number of hydrogen-bond donors (Lipinski definition) is 1. The van der Waals surface area contributed by atoms with E-state index in [1.54, 1.807) is 20.0 Å². The van der Waals surface area contributed by atoms with Gasteiger partial charge in [0.15, 0.2) is 6.61 Å². The molecule has 0 bridgehead atoms. The van der Waals surface area contributed by atoms with E-state index in [-0.39, 0.29) is 6.61 Å². The van der Waals surface area contributed by atoms with Crippen LogP contribution in [0.4, 0.5) is 35.5 Å². The van der Waals surface area contributed by atoms with Gasteiger partial charge in [0, 0.05) is 6.61 Å². The van der Waals surface area contributed by atoms with Gasteiger partial charge in [-0.15, -0.1) is 0 Å². The molecule has 1 N–H and O–H groups in total. The monoisotopic (exact) mass is 359 g/mol. The van der Waals surface area contributed by atoms with Crippen LogP contribution in [0.15, 0.2) is 0 Å². The SMILES string of the molecule is CCOC(NC(=O)OCC(F)(F)C(F)(F)C(F)(F)F)[SiH](C)C. The predicted octanol–water partition coefficient (Wildman–Crippen LogP) is 2.93. The Kier molecular flexibility index (Phi) is 7.13. The highest BCUT2D eigenvalue weighted by molar-refractivity contribution is 6.57. The van der Waals surface area contributed by atoms with Crippen molar-refractivity contribution >= 4 is 14.9 Å². The zero-order chi connectivity index (χ0) is 17.8.